The van der Waals surface area contributed by atoms with Crippen LogP contribution in [0, 0.1) is 6.92 Å². The van der Waals surface area contributed by atoms with Crippen LogP contribution in [-0.2, 0) is 0 Å². The highest BCUT2D eigenvalue weighted by atomic mass is 16.1. The molecule has 0 fully saturated rings. The Morgan fingerprint density at radius 1 is 0.955 bits per heavy atom. The van der Waals surface area contributed by atoms with Gasteiger partial charge in [0.25, 0.3) is 5.91 Å². The highest BCUT2D eigenvalue weighted by Gasteiger charge is 2.08. The van der Waals surface area contributed by atoms with Crippen LogP contribution in [0.5, 0.6) is 0 Å². The van der Waals surface area contributed by atoms with Crippen LogP contribution in [0.15, 0.2) is 54.7 Å². The third-order valence-electron chi connectivity index (χ3n) is 3.83. The van der Waals surface area contributed by atoms with Crippen LogP contribution in [-0.4, -0.2) is 15.9 Å². The molecule has 4 rings (SSSR count). The van der Waals surface area contributed by atoms with Gasteiger partial charge >= 0.3 is 0 Å². The molecule has 0 spiro atoms. The Morgan fingerprint density at radius 3 is 2.73 bits per heavy atom. The van der Waals surface area contributed by atoms with Crippen molar-refractivity contribution in [1.82, 2.24) is 9.97 Å². The fraction of sp³-hybridized carbons (Fsp3) is 0.0556. The van der Waals surface area contributed by atoms with Gasteiger partial charge in [-0.25, -0.2) is 0 Å². The lowest BCUT2D eigenvalue weighted by Gasteiger charge is -2.06. The summed E-state index contributed by atoms with van der Waals surface area (Å²) in [6, 6.07) is 15.5. The molecule has 0 radical (unpaired) electrons. The number of hydrogen-bond donors (Lipinski definition) is 3. The van der Waals surface area contributed by atoms with Crippen molar-refractivity contribution in [2.45, 2.75) is 6.92 Å². The molecular weight excluding hydrogens is 274 g/mol. The first-order chi connectivity index (χ1) is 10.7. The Hall–Kier alpha value is -3.01. The Bertz CT molecular complexity index is 994. The van der Waals surface area contributed by atoms with Crippen molar-refractivity contribution >= 4 is 33.4 Å². The van der Waals surface area contributed by atoms with Crippen LogP contribution < -0.4 is 5.32 Å². The molecule has 2 heterocycles. The van der Waals surface area contributed by atoms with Crippen LogP contribution in [0.4, 0.5) is 5.69 Å². The summed E-state index contributed by atoms with van der Waals surface area (Å²) in [4.78, 5) is 18.8. The molecule has 0 aliphatic heterocycles. The summed E-state index contributed by atoms with van der Waals surface area (Å²) < 4.78 is 0. The van der Waals surface area contributed by atoms with Gasteiger partial charge in [0, 0.05) is 44.9 Å². The molecule has 2 aromatic heterocycles. The molecule has 0 unspecified atom stereocenters. The summed E-state index contributed by atoms with van der Waals surface area (Å²) in [7, 11) is 0. The summed E-state index contributed by atoms with van der Waals surface area (Å²) in [5, 5.41) is 5.08. The number of fused-ring (bicyclic) bond motifs is 2. The molecule has 2 aromatic carbocycles. The lowest BCUT2D eigenvalue weighted by atomic mass is 10.1. The smallest absolute Gasteiger partial charge is 0.255 e. The van der Waals surface area contributed by atoms with E-state index >= 15 is 0 Å². The molecule has 4 nitrogen and oxygen atoms in total. The minimum atomic E-state index is -0.102. The van der Waals surface area contributed by atoms with Crippen LogP contribution in [0.3, 0.4) is 0 Å². The number of carbonyl (C=O) groups is 1. The van der Waals surface area contributed by atoms with E-state index in [2.05, 4.69) is 21.4 Å². The maximum absolute atomic E-state index is 12.4. The lowest BCUT2D eigenvalue weighted by molar-refractivity contribution is 0.102. The summed E-state index contributed by atoms with van der Waals surface area (Å²) in [5.41, 5.74) is 4.66. The van der Waals surface area contributed by atoms with Crippen molar-refractivity contribution in [2.75, 3.05) is 5.32 Å². The van der Waals surface area contributed by atoms with Crippen LogP contribution in [0.25, 0.3) is 21.8 Å². The first kappa shape index (κ1) is 12.7. The van der Waals surface area contributed by atoms with Gasteiger partial charge in [-0.15, -0.1) is 0 Å². The van der Waals surface area contributed by atoms with Crippen molar-refractivity contribution in [3.63, 3.8) is 0 Å². The molecule has 0 aliphatic rings. The van der Waals surface area contributed by atoms with Crippen LogP contribution in [0.2, 0.25) is 0 Å². The van der Waals surface area contributed by atoms with Crippen molar-refractivity contribution in [3.05, 3.63) is 66.0 Å². The van der Waals surface area contributed by atoms with Gasteiger partial charge in [-0.3, -0.25) is 4.79 Å². The Balaban J connectivity index is 1.64. The van der Waals surface area contributed by atoms with Gasteiger partial charge < -0.3 is 15.3 Å². The quantitative estimate of drug-likeness (QED) is 0.508. The highest BCUT2D eigenvalue weighted by molar-refractivity contribution is 6.07. The second-order valence-electron chi connectivity index (χ2n) is 5.49. The number of anilines is 1. The fourth-order valence-electron chi connectivity index (χ4n) is 2.75. The minimum Gasteiger partial charge on any atom is -0.361 e. The standard InChI is InChI=1S/C18H15N3O/c1-11-8-14-10-15(3-5-17(14)20-11)21-18(22)13-2-4-16-12(9-13)6-7-19-16/h2-10,19-20H,1H3,(H,21,22). The Labute approximate surface area is 127 Å². The van der Waals surface area contributed by atoms with Gasteiger partial charge in [0.1, 0.15) is 0 Å². The molecule has 0 saturated carbocycles. The third kappa shape index (κ3) is 2.15. The molecular formula is C18H15N3O. The van der Waals surface area contributed by atoms with E-state index in [1.165, 1.54) is 0 Å². The van der Waals surface area contributed by atoms with Gasteiger partial charge in [0.15, 0.2) is 0 Å². The molecule has 0 bridgehead atoms. The number of aromatic amines is 2. The van der Waals surface area contributed by atoms with Crippen LogP contribution >= 0.6 is 0 Å². The first-order valence-electron chi connectivity index (χ1n) is 7.17. The van der Waals surface area contributed by atoms with Gasteiger partial charge in [-0.05, 0) is 55.5 Å². The number of benzene rings is 2. The van der Waals surface area contributed by atoms with Gasteiger partial charge in [0.05, 0.1) is 0 Å². The molecule has 108 valence electrons. The number of carbonyl (C=O) groups excluding carboxylic acids is 1. The molecule has 1 amide bonds. The van der Waals surface area contributed by atoms with E-state index in [1.54, 1.807) is 0 Å². The van der Waals surface area contributed by atoms with Crippen molar-refractivity contribution in [2.24, 2.45) is 0 Å². The van der Waals surface area contributed by atoms with Gasteiger partial charge in [-0.2, -0.15) is 0 Å². The molecule has 22 heavy (non-hydrogen) atoms. The van der Waals surface area contributed by atoms with E-state index in [0.29, 0.717) is 5.56 Å². The number of rotatable bonds is 2. The first-order valence-corrected chi connectivity index (χ1v) is 7.17. The minimum absolute atomic E-state index is 0.102. The summed E-state index contributed by atoms with van der Waals surface area (Å²) >= 11 is 0. The summed E-state index contributed by atoms with van der Waals surface area (Å²) in [5.74, 6) is -0.102. The number of nitrogens with one attached hydrogen (secondary N) is 3. The van der Waals surface area contributed by atoms with Crippen molar-refractivity contribution in [1.29, 1.82) is 0 Å². The predicted molar refractivity (Wildman–Crippen MR) is 89.3 cm³/mol. The maximum atomic E-state index is 12.4. The lowest BCUT2D eigenvalue weighted by Crippen LogP contribution is -2.11. The van der Waals surface area contributed by atoms with E-state index in [9.17, 15) is 4.79 Å². The molecule has 0 atom stereocenters. The average molecular weight is 289 g/mol. The zero-order chi connectivity index (χ0) is 15.1. The largest absolute Gasteiger partial charge is 0.361 e. The Kier molecular flexibility index (Phi) is 2.76. The van der Waals surface area contributed by atoms with Gasteiger partial charge in [0.2, 0.25) is 0 Å². The Morgan fingerprint density at radius 2 is 1.82 bits per heavy atom. The maximum Gasteiger partial charge on any atom is 0.255 e. The zero-order valence-corrected chi connectivity index (χ0v) is 12.1. The fourth-order valence-corrected chi connectivity index (χ4v) is 2.75. The second-order valence-corrected chi connectivity index (χ2v) is 5.49. The third-order valence-corrected chi connectivity index (χ3v) is 3.83. The predicted octanol–water partition coefficient (Wildman–Crippen LogP) is 4.21. The molecule has 4 heteroatoms. The van der Waals surface area contributed by atoms with E-state index in [4.69, 9.17) is 0 Å². The normalized spacial score (nSPS) is 11.1. The number of hydrogen-bond acceptors (Lipinski definition) is 1. The van der Waals surface area contributed by atoms with E-state index in [1.807, 2.05) is 55.6 Å². The monoisotopic (exact) mass is 289 g/mol. The van der Waals surface area contributed by atoms with Crippen molar-refractivity contribution in [3.8, 4) is 0 Å². The van der Waals surface area contributed by atoms with E-state index in [-0.39, 0.29) is 5.91 Å². The molecule has 4 aromatic rings. The van der Waals surface area contributed by atoms with E-state index < -0.39 is 0 Å². The zero-order valence-electron chi connectivity index (χ0n) is 12.1. The average Bonchev–Trinajstić information content (AvgIpc) is 3.10. The summed E-state index contributed by atoms with van der Waals surface area (Å²) in [6.45, 7) is 2.02. The second kappa shape index (κ2) is 4.77. The SMILES string of the molecule is Cc1cc2cc(NC(=O)c3ccc4[nH]ccc4c3)ccc2[nH]1. The topological polar surface area (TPSA) is 60.7 Å². The highest BCUT2D eigenvalue weighted by Crippen LogP contribution is 2.21. The molecule has 0 saturated heterocycles. The van der Waals surface area contributed by atoms with Crippen molar-refractivity contribution < 1.29 is 4.79 Å². The summed E-state index contributed by atoms with van der Waals surface area (Å²) in [6.07, 6.45) is 1.87. The van der Waals surface area contributed by atoms with Crippen LogP contribution in [0.1, 0.15) is 16.1 Å². The molecule has 3 N–H and O–H groups in total. The number of aromatic nitrogens is 2. The molecule has 0 aliphatic carbocycles. The number of H-pyrrole nitrogens is 2. The van der Waals surface area contributed by atoms with Gasteiger partial charge in [-0.1, -0.05) is 0 Å². The number of amides is 1. The van der Waals surface area contributed by atoms with E-state index in [0.717, 1.165) is 33.2 Å². The number of aryl methyl sites for hydroxylation is 1.